The van der Waals surface area contributed by atoms with Gasteiger partial charge >= 0.3 is 0 Å². The number of hydrazine groups is 1. The third-order valence-electron chi connectivity index (χ3n) is 3.09. The molecule has 1 heterocycles. The monoisotopic (exact) mass is 277 g/mol. The lowest BCUT2D eigenvalue weighted by atomic mass is 10.1. The number of ketones is 1. The van der Waals surface area contributed by atoms with Crippen molar-refractivity contribution in [3.63, 3.8) is 0 Å². The van der Waals surface area contributed by atoms with Crippen molar-refractivity contribution in [1.29, 1.82) is 0 Å². The summed E-state index contributed by atoms with van der Waals surface area (Å²) < 4.78 is 0. The molecule has 0 aliphatic carbocycles. The minimum absolute atomic E-state index is 0.341. The number of carbonyl (C=O) groups is 1. The Labute approximate surface area is 119 Å². The topological polar surface area (TPSA) is 96.7 Å². The molecule has 1 aromatic carbocycles. The van der Waals surface area contributed by atoms with Crippen LogP contribution in [0.4, 0.5) is 5.69 Å². The fourth-order valence-electron chi connectivity index (χ4n) is 2.04. The lowest BCUT2D eigenvalue weighted by Gasteiger charge is -2.28. The van der Waals surface area contributed by atoms with Gasteiger partial charge in [-0.1, -0.05) is 13.8 Å². The summed E-state index contributed by atoms with van der Waals surface area (Å²) in [6.45, 7) is 5.57. The fraction of sp³-hybridized carbons (Fsp3) is 0.429. The Balaban J connectivity index is 0.000000956. The molecule has 0 unspecified atom stereocenters. The van der Waals surface area contributed by atoms with Gasteiger partial charge < -0.3 is 16.2 Å². The second kappa shape index (κ2) is 8.16. The summed E-state index contributed by atoms with van der Waals surface area (Å²) in [5.41, 5.74) is 4.37. The van der Waals surface area contributed by atoms with Crippen LogP contribution >= 0.6 is 0 Å². The molecule has 0 aromatic heterocycles. The van der Waals surface area contributed by atoms with Gasteiger partial charge in [-0.15, -0.1) is 0 Å². The quantitative estimate of drug-likeness (QED) is 0.324. The number of Topliss-reactive ketones (excluding diaryl/α,β-unsaturated/α-hetero) is 1. The molecule has 5 N–H and O–H groups in total. The summed E-state index contributed by atoms with van der Waals surface area (Å²) in [6, 6.07) is 7.76. The first kappa shape index (κ1) is 16.0. The number of anilines is 1. The molecule has 1 aromatic rings. The van der Waals surface area contributed by atoms with Gasteiger partial charge in [0.1, 0.15) is 5.78 Å². The summed E-state index contributed by atoms with van der Waals surface area (Å²) in [4.78, 5) is 13.4. The van der Waals surface area contributed by atoms with E-state index in [2.05, 4.69) is 15.4 Å². The summed E-state index contributed by atoms with van der Waals surface area (Å²) in [5.74, 6) is 11.3. The highest BCUT2D eigenvalue weighted by Crippen LogP contribution is 2.19. The summed E-state index contributed by atoms with van der Waals surface area (Å²) in [7, 11) is 0. The van der Waals surface area contributed by atoms with E-state index in [0.29, 0.717) is 24.5 Å². The highest BCUT2D eigenvalue weighted by atomic mass is 16.1. The molecule has 1 saturated heterocycles. The second-order valence-electron chi connectivity index (χ2n) is 4.19. The molecular weight excluding hydrogens is 254 g/mol. The SMILES string of the molecule is CC.N/N=C(/NN)c1ccc(N2CCC(=O)CC2)cc1. The van der Waals surface area contributed by atoms with Crippen molar-refractivity contribution < 1.29 is 4.79 Å². The van der Waals surface area contributed by atoms with E-state index in [0.717, 1.165) is 24.3 Å². The van der Waals surface area contributed by atoms with E-state index in [9.17, 15) is 4.79 Å². The number of hydrogen-bond acceptors (Lipinski definition) is 5. The standard InChI is InChI=1S/C12H17N5O.C2H6/c13-15-12(16-14)9-1-3-10(4-2-9)17-7-5-11(18)6-8-17;1-2/h1-4H,5-8,13-14H2,(H,15,16);1-2H3. The summed E-state index contributed by atoms with van der Waals surface area (Å²) in [6.07, 6.45) is 1.25. The largest absolute Gasteiger partial charge is 0.371 e. The van der Waals surface area contributed by atoms with Gasteiger partial charge in [0.15, 0.2) is 5.84 Å². The Hall–Kier alpha value is -2.08. The van der Waals surface area contributed by atoms with Crippen molar-refractivity contribution in [2.24, 2.45) is 16.8 Å². The van der Waals surface area contributed by atoms with Gasteiger partial charge in [-0.2, -0.15) is 5.10 Å². The maximum Gasteiger partial charge on any atom is 0.166 e. The molecule has 1 fully saturated rings. The zero-order valence-electron chi connectivity index (χ0n) is 12.1. The van der Waals surface area contributed by atoms with Gasteiger partial charge in [0.05, 0.1) is 0 Å². The Morgan fingerprint density at radius 2 is 1.75 bits per heavy atom. The normalized spacial score (nSPS) is 15.4. The van der Waals surface area contributed by atoms with Gasteiger partial charge in [0, 0.05) is 37.2 Å². The molecule has 2 rings (SSSR count). The van der Waals surface area contributed by atoms with Gasteiger partial charge in [0.25, 0.3) is 0 Å². The Morgan fingerprint density at radius 1 is 1.20 bits per heavy atom. The molecule has 1 aliphatic rings. The van der Waals surface area contributed by atoms with Crippen molar-refractivity contribution in [3.05, 3.63) is 29.8 Å². The van der Waals surface area contributed by atoms with Crippen LogP contribution in [0.3, 0.4) is 0 Å². The van der Waals surface area contributed by atoms with Gasteiger partial charge in [-0.25, -0.2) is 5.84 Å². The van der Waals surface area contributed by atoms with Gasteiger partial charge in [-0.3, -0.25) is 4.79 Å². The van der Waals surface area contributed by atoms with Gasteiger partial charge in [0.2, 0.25) is 0 Å². The molecule has 110 valence electrons. The third-order valence-corrected chi connectivity index (χ3v) is 3.09. The molecule has 20 heavy (non-hydrogen) atoms. The molecule has 1 aliphatic heterocycles. The van der Waals surface area contributed by atoms with E-state index in [-0.39, 0.29) is 0 Å². The zero-order valence-corrected chi connectivity index (χ0v) is 12.1. The van der Waals surface area contributed by atoms with Crippen molar-refractivity contribution in [3.8, 4) is 0 Å². The molecule has 0 bridgehead atoms. The molecule has 0 saturated carbocycles. The lowest BCUT2D eigenvalue weighted by molar-refractivity contribution is -0.119. The smallest absolute Gasteiger partial charge is 0.166 e. The van der Waals surface area contributed by atoms with Crippen LogP contribution in [0.15, 0.2) is 29.4 Å². The maximum absolute atomic E-state index is 11.2. The van der Waals surface area contributed by atoms with Crippen LogP contribution in [0.5, 0.6) is 0 Å². The first-order valence-electron chi connectivity index (χ1n) is 6.86. The van der Waals surface area contributed by atoms with Crippen molar-refractivity contribution in [2.75, 3.05) is 18.0 Å². The number of piperidine rings is 1. The molecule has 0 radical (unpaired) electrons. The van der Waals surface area contributed by atoms with Crippen LogP contribution in [0.1, 0.15) is 32.3 Å². The Bertz CT molecular complexity index is 445. The number of nitrogens with zero attached hydrogens (tertiary/aromatic N) is 2. The number of hydrazone groups is 1. The van der Waals surface area contributed by atoms with Crippen LogP contribution in [-0.2, 0) is 4.79 Å². The number of rotatable bonds is 2. The highest BCUT2D eigenvalue weighted by molar-refractivity contribution is 5.98. The van der Waals surface area contributed by atoms with E-state index in [4.69, 9.17) is 11.7 Å². The zero-order chi connectivity index (χ0) is 15.0. The molecule has 6 nitrogen and oxygen atoms in total. The average molecular weight is 277 g/mol. The molecule has 0 spiro atoms. The molecule has 0 atom stereocenters. The third kappa shape index (κ3) is 3.96. The van der Waals surface area contributed by atoms with Crippen LogP contribution in [0, 0.1) is 0 Å². The number of nitrogens with one attached hydrogen (secondary N) is 1. The van der Waals surface area contributed by atoms with Crippen LogP contribution in [0.2, 0.25) is 0 Å². The maximum atomic E-state index is 11.2. The van der Waals surface area contributed by atoms with Gasteiger partial charge in [-0.05, 0) is 24.3 Å². The van der Waals surface area contributed by atoms with Crippen LogP contribution in [-0.4, -0.2) is 24.7 Å². The predicted octanol–water partition coefficient (Wildman–Crippen LogP) is 0.966. The average Bonchev–Trinajstić information content (AvgIpc) is 2.52. The van der Waals surface area contributed by atoms with E-state index in [1.807, 2.05) is 38.1 Å². The number of carbonyl (C=O) groups excluding carboxylic acids is 1. The van der Waals surface area contributed by atoms with E-state index < -0.39 is 0 Å². The van der Waals surface area contributed by atoms with E-state index in [1.165, 1.54) is 0 Å². The number of benzene rings is 1. The van der Waals surface area contributed by atoms with Crippen LogP contribution < -0.4 is 22.0 Å². The lowest BCUT2D eigenvalue weighted by Crippen LogP contribution is -2.34. The van der Waals surface area contributed by atoms with Crippen molar-refractivity contribution >= 4 is 17.3 Å². The molecule has 0 amide bonds. The predicted molar refractivity (Wildman–Crippen MR) is 82.3 cm³/mol. The number of hydrogen-bond donors (Lipinski definition) is 3. The van der Waals surface area contributed by atoms with E-state index >= 15 is 0 Å². The Kier molecular flexibility index (Phi) is 6.52. The minimum atomic E-state index is 0.341. The first-order chi connectivity index (χ1) is 9.74. The van der Waals surface area contributed by atoms with Crippen molar-refractivity contribution in [2.45, 2.75) is 26.7 Å². The fourth-order valence-corrected chi connectivity index (χ4v) is 2.04. The molecule has 6 heteroatoms. The highest BCUT2D eigenvalue weighted by Gasteiger charge is 2.16. The summed E-state index contributed by atoms with van der Waals surface area (Å²) in [5, 5.41) is 3.55. The number of nitrogens with two attached hydrogens (primary N) is 2. The van der Waals surface area contributed by atoms with Crippen molar-refractivity contribution in [1.82, 2.24) is 5.43 Å². The Morgan fingerprint density at radius 3 is 2.20 bits per heavy atom. The second-order valence-corrected chi connectivity index (χ2v) is 4.19. The van der Waals surface area contributed by atoms with E-state index in [1.54, 1.807) is 0 Å². The number of amidine groups is 1. The molecular formula is C14H23N5O. The van der Waals surface area contributed by atoms with Crippen LogP contribution in [0.25, 0.3) is 0 Å². The summed E-state index contributed by atoms with van der Waals surface area (Å²) >= 11 is 0. The minimum Gasteiger partial charge on any atom is -0.371 e. The first-order valence-corrected chi connectivity index (χ1v) is 6.86.